The lowest BCUT2D eigenvalue weighted by Crippen LogP contribution is -2.43. The van der Waals surface area contributed by atoms with Gasteiger partial charge in [0.1, 0.15) is 10.4 Å². The average molecular weight is 360 g/mol. The summed E-state index contributed by atoms with van der Waals surface area (Å²) in [5.41, 5.74) is 1.98. The van der Waals surface area contributed by atoms with Crippen LogP contribution in [-0.4, -0.2) is 36.8 Å². The zero-order chi connectivity index (χ0) is 17.4. The number of hydrogen-bond donors (Lipinski definition) is 1. The van der Waals surface area contributed by atoms with Gasteiger partial charge in [-0.1, -0.05) is 49.1 Å². The molecule has 0 radical (unpaired) electrons. The van der Waals surface area contributed by atoms with Crippen LogP contribution in [0.15, 0.2) is 35.4 Å². The first-order valence-electron chi connectivity index (χ1n) is 7.48. The Kier molecular flexibility index (Phi) is 4.47. The van der Waals surface area contributed by atoms with E-state index in [1.165, 1.54) is 4.90 Å². The zero-order valence-electron chi connectivity index (χ0n) is 13.2. The number of fused-ring (bicyclic) bond motifs is 1. The lowest BCUT2D eigenvalue weighted by Gasteiger charge is -2.21. The number of thioether (sulfide) groups is 1. The number of thiocarbonyl (C=S) groups is 1. The number of carbonyl (C=O) groups excluding carboxylic acids is 1. The topological polar surface area (TPSA) is 62.5 Å². The minimum atomic E-state index is -1.04. The molecule has 1 aromatic heterocycles. The van der Waals surface area contributed by atoms with Gasteiger partial charge in [-0.05, 0) is 18.6 Å². The first-order valence-corrected chi connectivity index (χ1v) is 8.70. The summed E-state index contributed by atoms with van der Waals surface area (Å²) in [4.78, 5) is 25.7. The average Bonchev–Trinajstić information content (AvgIpc) is 3.00. The number of hydrogen-bond acceptors (Lipinski definition) is 4. The van der Waals surface area contributed by atoms with Crippen LogP contribution in [0.2, 0.25) is 0 Å². The molecule has 7 heteroatoms. The van der Waals surface area contributed by atoms with E-state index in [-0.39, 0.29) is 5.91 Å². The summed E-state index contributed by atoms with van der Waals surface area (Å²) in [7, 11) is 1.95. The molecular weight excluding hydrogens is 344 g/mol. The second kappa shape index (κ2) is 6.41. The van der Waals surface area contributed by atoms with E-state index < -0.39 is 12.0 Å². The standard InChI is InChI=1S/C17H16N2O3S2/c1-3-12(16(21)22)19-15(20)14(24-17(19)23)8-10-9-18(2)13-7-5-4-6-11(10)13/h4-9,12H,3H2,1-2H3,(H,21,22)/b14-8-/t12-/m0/s1. The fourth-order valence-corrected chi connectivity index (χ4v) is 4.19. The number of amides is 1. The van der Waals surface area contributed by atoms with Crippen LogP contribution in [-0.2, 0) is 16.6 Å². The monoisotopic (exact) mass is 360 g/mol. The molecule has 1 aromatic carbocycles. The maximum absolute atomic E-state index is 12.6. The van der Waals surface area contributed by atoms with E-state index >= 15 is 0 Å². The number of aliphatic carboxylic acids is 1. The number of rotatable bonds is 4. The fourth-order valence-electron chi connectivity index (χ4n) is 2.85. The smallest absolute Gasteiger partial charge is 0.326 e. The number of carboxylic acid groups (broad SMARTS) is 1. The second-order valence-electron chi connectivity index (χ2n) is 5.53. The van der Waals surface area contributed by atoms with E-state index in [0.717, 1.165) is 28.2 Å². The third kappa shape index (κ3) is 2.74. The summed E-state index contributed by atoms with van der Waals surface area (Å²) >= 11 is 6.38. The first kappa shape index (κ1) is 16.7. The third-order valence-electron chi connectivity index (χ3n) is 4.02. The van der Waals surface area contributed by atoms with Gasteiger partial charge in [-0.25, -0.2) is 4.79 Å². The van der Waals surface area contributed by atoms with Crippen molar-refractivity contribution in [1.82, 2.24) is 9.47 Å². The molecule has 0 spiro atoms. The molecule has 24 heavy (non-hydrogen) atoms. The summed E-state index contributed by atoms with van der Waals surface area (Å²) in [5.74, 6) is -1.38. The predicted octanol–water partition coefficient (Wildman–Crippen LogP) is 3.24. The number of aryl methyl sites for hydroxylation is 1. The van der Waals surface area contributed by atoms with Crippen LogP contribution >= 0.6 is 24.0 Å². The summed E-state index contributed by atoms with van der Waals surface area (Å²) in [6.07, 6.45) is 4.05. The minimum Gasteiger partial charge on any atom is -0.480 e. The van der Waals surface area contributed by atoms with Gasteiger partial charge in [-0.15, -0.1) is 0 Å². The maximum Gasteiger partial charge on any atom is 0.326 e. The van der Waals surface area contributed by atoms with Crippen molar-refractivity contribution in [2.45, 2.75) is 19.4 Å². The van der Waals surface area contributed by atoms with Crippen LogP contribution in [0.5, 0.6) is 0 Å². The minimum absolute atomic E-state index is 0.292. The molecule has 5 nitrogen and oxygen atoms in total. The SMILES string of the molecule is CC[C@@H](C(=O)O)N1C(=O)/C(=C/c2cn(C)c3ccccc23)SC1=S. The van der Waals surface area contributed by atoms with Crippen LogP contribution in [0, 0.1) is 0 Å². The van der Waals surface area contributed by atoms with Crippen molar-refractivity contribution in [2.75, 3.05) is 0 Å². The summed E-state index contributed by atoms with van der Waals surface area (Å²) in [6.45, 7) is 1.73. The number of carbonyl (C=O) groups is 2. The van der Waals surface area contributed by atoms with Crippen molar-refractivity contribution in [3.05, 3.63) is 40.9 Å². The maximum atomic E-state index is 12.6. The Morgan fingerprint density at radius 2 is 2.12 bits per heavy atom. The van der Waals surface area contributed by atoms with Gasteiger partial charge in [0.2, 0.25) is 0 Å². The molecule has 0 aliphatic carbocycles. The molecule has 1 amide bonds. The van der Waals surface area contributed by atoms with Crippen LogP contribution in [0.1, 0.15) is 18.9 Å². The zero-order valence-corrected chi connectivity index (χ0v) is 14.9. The van der Waals surface area contributed by atoms with E-state index in [9.17, 15) is 14.7 Å². The van der Waals surface area contributed by atoms with Crippen molar-refractivity contribution in [3.63, 3.8) is 0 Å². The Hall–Kier alpha value is -2.12. The Labute approximate surface area is 148 Å². The van der Waals surface area contributed by atoms with Gasteiger partial charge in [0.25, 0.3) is 5.91 Å². The lowest BCUT2D eigenvalue weighted by molar-refractivity contribution is -0.145. The number of carboxylic acids is 1. The van der Waals surface area contributed by atoms with Gasteiger partial charge in [-0.2, -0.15) is 0 Å². The van der Waals surface area contributed by atoms with E-state index in [1.807, 2.05) is 42.1 Å². The Bertz CT molecular complexity index is 885. The molecule has 1 saturated heterocycles. The highest BCUT2D eigenvalue weighted by molar-refractivity contribution is 8.26. The summed E-state index contributed by atoms with van der Waals surface area (Å²) in [5, 5.41) is 10.3. The Morgan fingerprint density at radius 1 is 1.42 bits per heavy atom. The first-order chi connectivity index (χ1) is 11.4. The summed E-state index contributed by atoms with van der Waals surface area (Å²) in [6, 6.07) is 6.99. The second-order valence-corrected chi connectivity index (χ2v) is 7.20. The molecule has 1 aliphatic heterocycles. The van der Waals surface area contributed by atoms with E-state index in [2.05, 4.69) is 0 Å². The van der Waals surface area contributed by atoms with Gasteiger partial charge in [0, 0.05) is 29.7 Å². The molecule has 2 aromatic rings. The molecule has 1 atom stereocenters. The molecular formula is C17H16N2O3S2. The van der Waals surface area contributed by atoms with Gasteiger partial charge < -0.3 is 9.67 Å². The molecule has 124 valence electrons. The number of aromatic nitrogens is 1. The van der Waals surface area contributed by atoms with Gasteiger partial charge in [0.15, 0.2) is 0 Å². The Morgan fingerprint density at radius 3 is 2.79 bits per heavy atom. The van der Waals surface area contributed by atoms with Crippen LogP contribution in [0.25, 0.3) is 17.0 Å². The van der Waals surface area contributed by atoms with Gasteiger partial charge >= 0.3 is 5.97 Å². The number of benzene rings is 1. The van der Waals surface area contributed by atoms with E-state index in [0.29, 0.717) is 15.6 Å². The third-order valence-corrected chi connectivity index (χ3v) is 5.35. The molecule has 0 bridgehead atoms. The molecule has 1 N–H and O–H groups in total. The normalized spacial score (nSPS) is 17.9. The highest BCUT2D eigenvalue weighted by Crippen LogP contribution is 2.35. The van der Waals surface area contributed by atoms with Crippen LogP contribution in [0.4, 0.5) is 0 Å². The van der Waals surface area contributed by atoms with E-state index in [1.54, 1.807) is 13.0 Å². The predicted molar refractivity (Wildman–Crippen MR) is 99.6 cm³/mol. The van der Waals surface area contributed by atoms with Crippen molar-refractivity contribution >= 4 is 57.2 Å². The van der Waals surface area contributed by atoms with Crippen molar-refractivity contribution in [1.29, 1.82) is 0 Å². The van der Waals surface area contributed by atoms with Crippen LogP contribution < -0.4 is 0 Å². The number of para-hydroxylation sites is 1. The quantitative estimate of drug-likeness (QED) is 0.670. The molecule has 0 unspecified atom stereocenters. The number of nitrogens with zero attached hydrogens (tertiary/aromatic N) is 2. The molecule has 2 heterocycles. The summed E-state index contributed by atoms with van der Waals surface area (Å²) < 4.78 is 2.29. The largest absolute Gasteiger partial charge is 0.480 e. The highest BCUT2D eigenvalue weighted by atomic mass is 32.2. The van der Waals surface area contributed by atoms with Crippen molar-refractivity contribution in [3.8, 4) is 0 Å². The van der Waals surface area contributed by atoms with Gasteiger partial charge in [0.05, 0.1) is 4.91 Å². The lowest BCUT2D eigenvalue weighted by atomic mass is 10.1. The van der Waals surface area contributed by atoms with Crippen LogP contribution in [0.3, 0.4) is 0 Å². The highest BCUT2D eigenvalue weighted by Gasteiger charge is 2.39. The van der Waals surface area contributed by atoms with E-state index in [4.69, 9.17) is 12.2 Å². The van der Waals surface area contributed by atoms with Gasteiger partial charge in [-0.3, -0.25) is 9.69 Å². The fraction of sp³-hybridized carbons (Fsp3) is 0.235. The van der Waals surface area contributed by atoms with Crippen molar-refractivity contribution in [2.24, 2.45) is 7.05 Å². The Balaban J connectivity index is 2.01. The molecule has 3 rings (SSSR count). The molecule has 1 aliphatic rings. The molecule has 1 fully saturated rings. The van der Waals surface area contributed by atoms with Crippen molar-refractivity contribution < 1.29 is 14.7 Å². The molecule has 0 saturated carbocycles.